The van der Waals surface area contributed by atoms with E-state index < -0.39 is 56.9 Å². The summed E-state index contributed by atoms with van der Waals surface area (Å²) in [6, 6.07) is 0. The van der Waals surface area contributed by atoms with E-state index in [2.05, 4.69) is 9.31 Å². The van der Waals surface area contributed by atoms with E-state index >= 15 is 0 Å². The highest BCUT2D eigenvalue weighted by Gasteiger charge is 2.27. The van der Waals surface area contributed by atoms with E-state index in [0.717, 1.165) is 0 Å². The summed E-state index contributed by atoms with van der Waals surface area (Å²) >= 11 is 0. The first-order chi connectivity index (χ1) is 8.31. The van der Waals surface area contributed by atoms with Crippen LogP contribution in [0.2, 0.25) is 0 Å². The predicted molar refractivity (Wildman–Crippen MR) is 53.9 cm³/mol. The molecule has 0 radical (unpaired) electrons. The first-order valence-corrected chi connectivity index (χ1v) is 4.82. The summed E-state index contributed by atoms with van der Waals surface area (Å²) in [5.74, 6) is -4.56. The number of hydrogen-bond donors (Lipinski definition) is 3. The molecule has 0 amide bonds. The molecule has 10 heteroatoms. The predicted octanol–water partition coefficient (Wildman–Crippen LogP) is -1.22. The van der Waals surface area contributed by atoms with Crippen molar-refractivity contribution in [3.8, 4) is 0 Å². The van der Waals surface area contributed by atoms with E-state index in [0.29, 0.717) is 0 Å². The maximum Gasteiger partial charge on any atom is 0.789 e. The largest absolute Gasteiger partial charge is 0.789 e. The van der Waals surface area contributed by atoms with Crippen molar-refractivity contribution in [1.82, 2.24) is 0 Å². The lowest BCUT2D eigenvalue weighted by Crippen LogP contribution is -2.29. The zero-order valence-electron chi connectivity index (χ0n) is 9.20. The van der Waals surface area contributed by atoms with E-state index in [4.69, 9.17) is 15.2 Å². The third kappa shape index (κ3) is 9.15. The van der Waals surface area contributed by atoms with Gasteiger partial charge in [-0.05, 0) is 0 Å². The van der Waals surface area contributed by atoms with Gasteiger partial charge in [-0.15, -0.1) is 0 Å². The average molecular weight is 262 g/mol. The Kier molecular flexibility index (Phi) is 7.12. The van der Waals surface area contributed by atoms with Gasteiger partial charge in [-0.2, -0.15) is 0 Å². The quantitative estimate of drug-likeness (QED) is 0.457. The van der Waals surface area contributed by atoms with Gasteiger partial charge < -0.3 is 24.5 Å². The van der Waals surface area contributed by atoms with E-state index in [1.54, 1.807) is 0 Å². The standard InChI is InChI=1S/C8H11BO9/c10-5(11)1-3-7(14)17-9(16)18-8(15)4-2-6(12)13/h16H,1-4H2,(H,10,11)(H,12,13). The van der Waals surface area contributed by atoms with Crippen LogP contribution in [0, 0.1) is 0 Å². The molecule has 0 saturated carbocycles. The van der Waals surface area contributed by atoms with Crippen molar-refractivity contribution in [3.05, 3.63) is 0 Å². The Hall–Kier alpha value is -2.10. The topological polar surface area (TPSA) is 147 Å². The normalized spacial score (nSPS) is 9.39. The second kappa shape index (κ2) is 8.06. The van der Waals surface area contributed by atoms with Crippen LogP contribution in [0.15, 0.2) is 0 Å². The number of carbonyl (C=O) groups excluding carboxylic acids is 2. The number of rotatable bonds is 8. The van der Waals surface area contributed by atoms with E-state index in [1.807, 2.05) is 0 Å². The third-order valence-electron chi connectivity index (χ3n) is 1.55. The molecule has 0 aliphatic rings. The minimum Gasteiger partial charge on any atom is -0.481 e. The van der Waals surface area contributed by atoms with Crippen LogP contribution in [0.4, 0.5) is 0 Å². The van der Waals surface area contributed by atoms with Crippen molar-refractivity contribution in [3.63, 3.8) is 0 Å². The summed E-state index contributed by atoms with van der Waals surface area (Å²) in [7, 11) is -2.17. The second-order valence-electron chi connectivity index (χ2n) is 3.07. The molecule has 0 heterocycles. The molecule has 0 unspecified atom stereocenters. The van der Waals surface area contributed by atoms with Crippen molar-refractivity contribution in [2.24, 2.45) is 0 Å². The number of carboxylic acids is 2. The summed E-state index contributed by atoms with van der Waals surface area (Å²) in [6.45, 7) is 0. The van der Waals surface area contributed by atoms with E-state index in [-0.39, 0.29) is 0 Å². The van der Waals surface area contributed by atoms with Crippen molar-refractivity contribution in [2.45, 2.75) is 25.7 Å². The van der Waals surface area contributed by atoms with Gasteiger partial charge in [0.05, 0.1) is 25.7 Å². The van der Waals surface area contributed by atoms with Gasteiger partial charge in [0, 0.05) is 0 Å². The molecular formula is C8H11BO9. The highest BCUT2D eigenvalue weighted by Crippen LogP contribution is 1.98. The lowest BCUT2D eigenvalue weighted by molar-refractivity contribution is -0.147. The van der Waals surface area contributed by atoms with Gasteiger partial charge >= 0.3 is 19.3 Å². The molecule has 0 saturated heterocycles. The average Bonchev–Trinajstić information content (AvgIpc) is 2.23. The molecule has 9 nitrogen and oxygen atoms in total. The SMILES string of the molecule is O=C(O)CCC(=O)OB(O)OC(=O)CCC(=O)O. The highest BCUT2D eigenvalue weighted by molar-refractivity contribution is 6.40. The molecular weight excluding hydrogens is 251 g/mol. The summed E-state index contributed by atoms with van der Waals surface area (Å²) in [5, 5.41) is 25.4. The molecule has 0 rings (SSSR count). The number of carbonyl (C=O) groups is 4. The lowest BCUT2D eigenvalue weighted by atomic mass is 10.2. The van der Waals surface area contributed by atoms with Gasteiger partial charge in [0.2, 0.25) is 0 Å². The summed E-state index contributed by atoms with van der Waals surface area (Å²) in [4.78, 5) is 42.0. The molecule has 100 valence electrons. The lowest BCUT2D eigenvalue weighted by Gasteiger charge is -2.07. The Bertz CT molecular complexity index is 307. The Balaban J connectivity index is 3.84. The Morgan fingerprint density at radius 2 is 1.11 bits per heavy atom. The third-order valence-corrected chi connectivity index (χ3v) is 1.55. The van der Waals surface area contributed by atoms with Crippen LogP contribution >= 0.6 is 0 Å². The van der Waals surface area contributed by atoms with Gasteiger partial charge in [-0.1, -0.05) is 0 Å². The van der Waals surface area contributed by atoms with Crippen LogP contribution in [0.5, 0.6) is 0 Å². The Morgan fingerprint density at radius 1 is 0.778 bits per heavy atom. The molecule has 18 heavy (non-hydrogen) atoms. The molecule has 3 N–H and O–H groups in total. The van der Waals surface area contributed by atoms with Crippen molar-refractivity contribution in [2.75, 3.05) is 0 Å². The zero-order valence-corrected chi connectivity index (χ0v) is 9.20. The smallest absolute Gasteiger partial charge is 0.481 e. The second-order valence-corrected chi connectivity index (χ2v) is 3.07. The van der Waals surface area contributed by atoms with Crippen LogP contribution in [-0.4, -0.2) is 46.4 Å². The van der Waals surface area contributed by atoms with E-state index in [1.165, 1.54) is 0 Å². The first-order valence-electron chi connectivity index (χ1n) is 4.82. The van der Waals surface area contributed by atoms with Crippen molar-refractivity contribution < 1.29 is 43.7 Å². The molecule has 0 aromatic rings. The van der Waals surface area contributed by atoms with Crippen LogP contribution < -0.4 is 0 Å². The highest BCUT2D eigenvalue weighted by atomic mass is 16.7. The number of carboxylic acid groups (broad SMARTS) is 2. The van der Waals surface area contributed by atoms with Gasteiger partial charge in [-0.3, -0.25) is 19.2 Å². The monoisotopic (exact) mass is 262 g/mol. The van der Waals surface area contributed by atoms with Gasteiger partial charge in [0.1, 0.15) is 0 Å². The van der Waals surface area contributed by atoms with E-state index in [9.17, 15) is 19.2 Å². The fourth-order valence-electron chi connectivity index (χ4n) is 0.785. The number of hydrogen-bond acceptors (Lipinski definition) is 7. The molecule has 0 aliphatic heterocycles. The van der Waals surface area contributed by atoms with Crippen molar-refractivity contribution >= 4 is 31.2 Å². The Morgan fingerprint density at radius 3 is 1.39 bits per heavy atom. The Labute approximate surface area is 101 Å². The summed E-state index contributed by atoms with van der Waals surface area (Å²) in [5.41, 5.74) is 0. The number of aliphatic carboxylic acids is 2. The minimum absolute atomic E-state index is 0.487. The van der Waals surface area contributed by atoms with Crippen LogP contribution in [-0.2, 0) is 28.5 Å². The fraction of sp³-hybridized carbons (Fsp3) is 0.500. The molecule has 0 bridgehead atoms. The fourth-order valence-corrected chi connectivity index (χ4v) is 0.785. The van der Waals surface area contributed by atoms with Crippen molar-refractivity contribution in [1.29, 1.82) is 0 Å². The molecule has 0 fully saturated rings. The summed E-state index contributed by atoms with van der Waals surface area (Å²) < 4.78 is 8.28. The minimum atomic E-state index is -2.17. The summed E-state index contributed by atoms with van der Waals surface area (Å²) in [6.07, 6.45) is -1.95. The van der Waals surface area contributed by atoms with Gasteiger partial charge in [-0.25, -0.2) is 0 Å². The molecule has 0 aromatic carbocycles. The maximum atomic E-state index is 10.9. The first kappa shape index (κ1) is 15.9. The molecule has 0 aromatic heterocycles. The maximum absolute atomic E-state index is 10.9. The molecule has 0 atom stereocenters. The molecule has 0 spiro atoms. The van der Waals surface area contributed by atoms with Crippen LogP contribution in [0.25, 0.3) is 0 Å². The van der Waals surface area contributed by atoms with Gasteiger partial charge in [0.25, 0.3) is 11.9 Å². The zero-order chi connectivity index (χ0) is 14.1. The van der Waals surface area contributed by atoms with Crippen LogP contribution in [0.1, 0.15) is 25.7 Å². The molecule has 0 aliphatic carbocycles. The van der Waals surface area contributed by atoms with Gasteiger partial charge in [0.15, 0.2) is 0 Å². The van der Waals surface area contributed by atoms with Crippen LogP contribution in [0.3, 0.4) is 0 Å².